The van der Waals surface area contributed by atoms with Crippen molar-refractivity contribution in [2.75, 3.05) is 19.8 Å². The molecule has 1 aromatic rings. The zero-order chi connectivity index (χ0) is 18.4. The zero-order valence-electron chi connectivity index (χ0n) is 16.3. The van der Waals surface area contributed by atoms with Crippen LogP contribution in [0.25, 0.3) is 0 Å². The molecule has 1 heterocycles. The highest BCUT2D eigenvalue weighted by molar-refractivity contribution is 5.76. The van der Waals surface area contributed by atoms with Gasteiger partial charge in [-0.1, -0.05) is 52.0 Å². The number of nitrogens with one attached hydrogen (secondary N) is 1. The number of rotatable bonds is 8. The van der Waals surface area contributed by atoms with Crippen LogP contribution in [0.3, 0.4) is 0 Å². The summed E-state index contributed by atoms with van der Waals surface area (Å²) in [6.45, 7) is 12.5. The molecule has 0 saturated carbocycles. The molecule has 1 aliphatic rings. The van der Waals surface area contributed by atoms with E-state index in [1.54, 1.807) is 0 Å². The molecule has 1 aromatic carbocycles. The molecular weight excluding hydrogens is 314 g/mol. The summed E-state index contributed by atoms with van der Waals surface area (Å²) in [7, 11) is 0. The first-order chi connectivity index (χ1) is 11.8. The van der Waals surface area contributed by atoms with E-state index in [9.17, 15) is 4.79 Å². The van der Waals surface area contributed by atoms with Crippen molar-refractivity contribution in [2.24, 2.45) is 5.92 Å². The lowest BCUT2D eigenvalue weighted by atomic mass is 9.84. The Bertz CT molecular complexity index is 545. The third-order valence-corrected chi connectivity index (χ3v) is 5.04. The van der Waals surface area contributed by atoms with Gasteiger partial charge in [0, 0.05) is 19.4 Å². The number of hydrogen-bond acceptors (Lipinski definition) is 3. The average molecular weight is 347 g/mol. The lowest BCUT2D eigenvalue weighted by molar-refractivity contribution is -0.146. The molecule has 1 atom stereocenters. The highest BCUT2D eigenvalue weighted by atomic mass is 16.7. The quantitative estimate of drug-likeness (QED) is 0.766. The summed E-state index contributed by atoms with van der Waals surface area (Å²) in [6, 6.07) is 8.72. The maximum atomic E-state index is 12.4. The highest BCUT2D eigenvalue weighted by Crippen LogP contribution is 2.29. The molecule has 0 radical (unpaired) electrons. The van der Waals surface area contributed by atoms with Gasteiger partial charge in [-0.15, -0.1) is 0 Å². The van der Waals surface area contributed by atoms with Crippen molar-refractivity contribution >= 4 is 5.91 Å². The van der Waals surface area contributed by atoms with Crippen LogP contribution in [0.1, 0.15) is 70.4 Å². The summed E-state index contributed by atoms with van der Waals surface area (Å²) in [5.41, 5.74) is 2.57. The van der Waals surface area contributed by atoms with E-state index in [0.29, 0.717) is 44.4 Å². The van der Waals surface area contributed by atoms with Crippen molar-refractivity contribution in [3.05, 3.63) is 35.4 Å². The Morgan fingerprint density at radius 1 is 1.08 bits per heavy atom. The molecule has 4 nitrogen and oxygen atoms in total. The first kappa shape index (κ1) is 19.9. The van der Waals surface area contributed by atoms with E-state index in [1.165, 1.54) is 11.1 Å². The second-order valence-electron chi connectivity index (χ2n) is 7.81. The van der Waals surface area contributed by atoms with Crippen molar-refractivity contribution in [2.45, 2.75) is 65.1 Å². The molecule has 0 spiro atoms. The van der Waals surface area contributed by atoms with Gasteiger partial charge in [0.15, 0.2) is 5.79 Å². The maximum Gasteiger partial charge on any atom is 0.220 e. The highest BCUT2D eigenvalue weighted by Gasteiger charge is 2.30. The van der Waals surface area contributed by atoms with Crippen LogP contribution in [-0.2, 0) is 14.3 Å². The molecule has 1 amide bonds. The van der Waals surface area contributed by atoms with E-state index in [1.807, 2.05) is 6.92 Å². The van der Waals surface area contributed by atoms with Crippen LogP contribution in [0.5, 0.6) is 0 Å². The first-order valence-corrected chi connectivity index (χ1v) is 9.45. The second kappa shape index (κ2) is 8.81. The predicted octanol–water partition coefficient (Wildman–Crippen LogP) is 4.21. The molecular formula is C21H33NO3. The largest absolute Gasteiger partial charge is 0.356 e. The molecule has 4 heteroatoms. The fourth-order valence-electron chi connectivity index (χ4n) is 3.27. The minimum Gasteiger partial charge on any atom is -0.356 e. The molecule has 1 N–H and O–H groups in total. The predicted molar refractivity (Wildman–Crippen MR) is 101 cm³/mol. The second-order valence-corrected chi connectivity index (χ2v) is 7.81. The number of carbonyl (C=O) groups is 1. The van der Waals surface area contributed by atoms with Crippen molar-refractivity contribution < 1.29 is 14.3 Å². The van der Waals surface area contributed by atoms with E-state index in [0.717, 1.165) is 0 Å². The third kappa shape index (κ3) is 5.82. The van der Waals surface area contributed by atoms with Crippen molar-refractivity contribution in [1.29, 1.82) is 0 Å². The van der Waals surface area contributed by atoms with E-state index in [4.69, 9.17) is 9.47 Å². The summed E-state index contributed by atoms with van der Waals surface area (Å²) in [5.74, 6) is 0.715. The Kier molecular flexibility index (Phi) is 7.03. The van der Waals surface area contributed by atoms with Gasteiger partial charge in [0.25, 0.3) is 0 Å². The van der Waals surface area contributed by atoms with Gasteiger partial charge in [-0.2, -0.15) is 0 Å². The van der Waals surface area contributed by atoms with Gasteiger partial charge in [0.2, 0.25) is 5.91 Å². The SMILES string of the molecule is CC(C)c1ccc(C(CC(=O)NCCC2(C)OCCO2)C(C)C)cc1. The van der Waals surface area contributed by atoms with Crippen LogP contribution >= 0.6 is 0 Å². The molecule has 0 aromatic heterocycles. The van der Waals surface area contributed by atoms with Gasteiger partial charge in [0.1, 0.15) is 0 Å². The lowest BCUT2D eigenvalue weighted by Crippen LogP contribution is -2.34. The van der Waals surface area contributed by atoms with Gasteiger partial charge in [0.05, 0.1) is 13.2 Å². The molecule has 0 bridgehead atoms. The molecule has 1 unspecified atom stereocenters. The Balaban J connectivity index is 1.88. The summed E-state index contributed by atoms with van der Waals surface area (Å²) in [4.78, 5) is 12.4. The Morgan fingerprint density at radius 2 is 1.64 bits per heavy atom. The van der Waals surface area contributed by atoms with Gasteiger partial charge >= 0.3 is 0 Å². The Labute approximate surface area is 152 Å². The van der Waals surface area contributed by atoms with E-state index in [-0.39, 0.29) is 11.8 Å². The van der Waals surface area contributed by atoms with E-state index < -0.39 is 5.79 Å². The average Bonchev–Trinajstić information content (AvgIpc) is 2.99. The van der Waals surface area contributed by atoms with Crippen molar-refractivity contribution in [3.8, 4) is 0 Å². The van der Waals surface area contributed by atoms with E-state index in [2.05, 4.69) is 57.3 Å². The summed E-state index contributed by atoms with van der Waals surface area (Å²) in [5, 5.41) is 3.02. The Morgan fingerprint density at radius 3 is 2.16 bits per heavy atom. The fraction of sp³-hybridized carbons (Fsp3) is 0.667. The number of hydrogen-bond donors (Lipinski definition) is 1. The summed E-state index contributed by atoms with van der Waals surface area (Å²) in [6.07, 6.45) is 1.19. The topological polar surface area (TPSA) is 47.6 Å². The molecule has 1 fully saturated rings. The number of benzene rings is 1. The minimum absolute atomic E-state index is 0.0910. The van der Waals surface area contributed by atoms with Crippen molar-refractivity contribution in [3.63, 3.8) is 0 Å². The zero-order valence-corrected chi connectivity index (χ0v) is 16.3. The molecule has 1 aliphatic heterocycles. The lowest BCUT2D eigenvalue weighted by Gasteiger charge is -2.24. The van der Waals surface area contributed by atoms with Gasteiger partial charge in [-0.3, -0.25) is 4.79 Å². The van der Waals surface area contributed by atoms with Crippen LogP contribution in [-0.4, -0.2) is 31.5 Å². The van der Waals surface area contributed by atoms with Crippen LogP contribution < -0.4 is 5.32 Å². The van der Waals surface area contributed by atoms with Crippen LogP contribution in [0.2, 0.25) is 0 Å². The minimum atomic E-state index is -0.544. The van der Waals surface area contributed by atoms with Gasteiger partial charge < -0.3 is 14.8 Å². The normalized spacial score (nSPS) is 17.9. The monoisotopic (exact) mass is 347 g/mol. The van der Waals surface area contributed by atoms with Gasteiger partial charge in [-0.25, -0.2) is 0 Å². The Hall–Kier alpha value is -1.39. The molecule has 2 rings (SSSR count). The van der Waals surface area contributed by atoms with Crippen LogP contribution in [0.4, 0.5) is 0 Å². The molecule has 0 aliphatic carbocycles. The summed E-state index contributed by atoms with van der Waals surface area (Å²) >= 11 is 0. The number of ether oxygens (including phenoxy) is 2. The van der Waals surface area contributed by atoms with E-state index >= 15 is 0 Å². The third-order valence-electron chi connectivity index (χ3n) is 5.04. The molecule has 140 valence electrons. The van der Waals surface area contributed by atoms with Crippen molar-refractivity contribution in [1.82, 2.24) is 5.32 Å². The maximum absolute atomic E-state index is 12.4. The number of amides is 1. The fourth-order valence-corrected chi connectivity index (χ4v) is 3.27. The van der Waals surface area contributed by atoms with Gasteiger partial charge in [-0.05, 0) is 35.8 Å². The summed E-state index contributed by atoms with van der Waals surface area (Å²) < 4.78 is 11.1. The standard InChI is InChI=1S/C21H33NO3/c1-15(2)17-6-8-18(9-7-17)19(16(3)4)14-20(23)22-11-10-21(5)24-12-13-25-21/h6-9,15-16,19H,10-14H2,1-5H3,(H,22,23). The molecule has 25 heavy (non-hydrogen) atoms. The first-order valence-electron chi connectivity index (χ1n) is 9.45. The number of carbonyl (C=O) groups excluding carboxylic acids is 1. The van der Waals surface area contributed by atoms with Crippen LogP contribution in [0.15, 0.2) is 24.3 Å². The smallest absolute Gasteiger partial charge is 0.220 e. The van der Waals surface area contributed by atoms with Crippen LogP contribution in [0, 0.1) is 5.92 Å². The molecule has 1 saturated heterocycles.